The van der Waals surface area contributed by atoms with Crippen molar-refractivity contribution < 1.29 is 4.79 Å². The lowest BCUT2D eigenvalue weighted by Crippen LogP contribution is -2.52. The fourth-order valence-electron chi connectivity index (χ4n) is 2.43. The summed E-state index contributed by atoms with van der Waals surface area (Å²) in [5.41, 5.74) is 0.944. The number of benzene rings is 1. The summed E-state index contributed by atoms with van der Waals surface area (Å²) in [7, 11) is 0. The Morgan fingerprint density at radius 2 is 2.14 bits per heavy atom. The van der Waals surface area contributed by atoms with E-state index >= 15 is 0 Å². The van der Waals surface area contributed by atoms with Crippen molar-refractivity contribution in [2.24, 2.45) is 0 Å². The number of urea groups is 1. The molecule has 0 aliphatic carbocycles. The number of hydrogen-bond donors (Lipinski definition) is 2. The van der Waals surface area contributed by atoms with Crippen molar-refractivity contribution in [1.82, 2.24) is 20.0 Å². The van der Waals surface area contributed by atoms with Gasteiger partial charge in [0.25, 0.3) is 0 Å². The van der Waals surface area contributed by atoms with Gasteiger partial charge in [0, 0.05) is 42.4 Å². The molecule has 7 heteroatoms. The van der Waals surface area contributed by atoms with Gasteiger partial charge >= 0.3 is 6.03 Å². The number of halogens is 1. The summed E-state index contributed by atoms with van der Waals surface area (Å²) in [6.07, 6.45) is 1.83. The predicted octanol–water partition coefficient (Wildman–Crippen LogP) is 2.46. The zero-order valence-electron chi connectivity index (χ0n) is 12.3. The van der Waals surface area contributed by atoms with Gasteiger partial charge in [-0.2, -0.15) is 0 Å². The highest BCUT2D eigenvalue weighted by molar-refractivity contribution is 9.10. The maximum absolute atomic E-state index is 12.2. The molecule has 6 nitrogen and oxygen atoms in total. The summed E-state index contributed by atoms with van der Waals surface area (Å²) in [6.45, 7) is 4.31. The Bertz CT molecular complexity index is 654. The molecule has 3 rings (SSSR count). The molecule has 2 amide bonds. The fraction of sp³-hybridized carbons (Fsp3) is 0.333. The third-order valence-electron chi connectivity index (χ3n) is 3.57. The lowest BCUT2D eigenvalue weighted by Gasteiger charge is -2.31. The van der Waals surface area contributed by atoms with Gasteiger partial charge in [-0.1, -0.05) is 15.9 Å². The zero-order chi connectivity index (χ0) is 15.5. The van der Waals surface area contributed by atoms with Crippen molar-refractivity contribution in [3.05, 3.63) is 41.0 Å². The van der Waals surface area contributed by atoms with Crippen LogP contribution >= 0.6 is 15.9 Å². The van der Waals surface area contributed by atoms with Gasteiger partial charge in [0.15, 0.2) is 5.82 Å². The molecule has 1 saturated heterocycles. The maximum atomic E-state index is 12.2. The number of rotatable bonds is 2. The third-order valence-corrected chi connectivity index (χ3v) is 4.10. The monoisotopic (exact) mass is 363 g/mol. The average Bonchev–Trinajstić information content (AvgIpc) is 2.96. The molecule has 2 N–H and O–H groups in total. The SMILES string of the molecule is CC1CN(C(=O)Nc2ccn(-c3ccc(Br)cc3)n2)CCN1. The summed E-state index contributed by atoms with van der Waals surface area (Å²) in [4.78, 5) is 14.0. The third kappa shape index (κ3) is 3.48. The molecule has 1 aromatic heterocycles. The lowest BCUT2D eigenvalue weighted by atomic mass is 10.2. The zero-order valence-corrected chi connectivity index (χ0v) is 13.9. The Morgan fingerprint density at radius 1 is 1.36 bits per heavy atom. The molecule has 2 heterocycles. The number of hydrogen-bond acceptors (Lipinski definition) is 3. The van der Waals surface area contributed by atoms with Crippen molar-refractivity contribution in [3.8, 4) is 5.69 Å². The molecule has 1 aliphatic rings. The van der Waals surface area contributed by atoms with Crippen LogP contribution in [0.25, 0.3) is 5.69 Å². The van der Waals surface area contributed by atoms with Crippen LogP contribution in [0.3, 0.4) is 0 Å². The van der Waals surface area contributed by atoms with E-state index in [1.165, 1.54) is 0 Å². The van der Waals surface area contributed by atoms with Gasteiger partial charge in [-0.15, -0.1) is 5.10 Å². The molecular weight excluding hydrogens is 346 g/mol. The van der Waals surface area contributed by atoms with Gasteiger partial charge in [-0.25, -0.2) is 9.48 Å². The average molecular weight is 364 g/mol. The minimum Gasteiger partial charge on any atom is -0.322 e. The van der Waals surface area contributed by atoms with Crippen molar-refractivity contribution in [1.29, 1.82) is 0 Å². The van der Waals surface area contributed by atoms with Crippen LogP contribution in [0.5, 0.6) is 0 Å². The highest BCUT2D eigenvalue weighted by atomic mass is 79.9. The number of amides is 2. The highest BCUT2D eigenvalue weighted by Crippen LogP contribution is 2.15. The quantitative estimate of drug-likeness (QED) is 0.861. The fourth-order valence-corrected chi connectivity index (χ4v) is 2.70. The van der Waals surface area contributed by atoms with Crippen LogP contribution in [0.4, 0.5) is 10.6 Å². The summed E-state index contributed by atoms with van der Waals surface area (Å²) in [6, 6.07) is 9.84. The van der Waals surface area contributed by atoms with Gasteiger partial charge in [0.05, 0.1) is 5.69 Å². The van der Waals surface area contributed by atoms with Crippen LogP contribution in [0, 0.1) is 0 Å². The number of piperazine rings is 1. The Balaban J connectivity index is 1.66. The second kappa shape index (κ2) is 6.50. The van der Waals surface area contributed by atoms with Crippen molar-refractivity contribution >= 4 is 27.8 Å². The van der Waals surface area contributed by atoms with Gasteiger partial charge in [-0.05, 0) is 31.2 Å². The Labute approximate surface area is 137 Å². The summed E-state index contributed by atoms with van der Waals surface area (Å²) < 4.78 is 2.76. The number of anilines is 1. The first-order valence-corrected chi connectivity index (χ1v) is 8.02. The van der Waals surface area contributed by atoms with Crippen molar-refractivity contribution in [2.75, 3.05) is 25.0 Å². The van der Waals surface area contributed by atoms with E-state index in [4.69, 9.17) is 0 Å². The molecular formula is C15H18BrN5O. The molecule has 1 aromatic carbocycles. The van der Waals surface area contributed by atoms with Crippen molar-refractivity contribution in [2.45, 2.75) is 13.0 Å². The second-order valence-corrected chi connectivity index (χ2v) is 6.27. The van der Waals surface area contributed by atoms with E-state index in [2.05, 4.69) is 38.6 Å². The van der Waals surface area contributed by atoms with Gasteiger partial charge in [0.1, 0.15) is 0 Å². The first-order valence-electron chi connectivity index (χ1n) is 7.23. The molecule has 1 atom stereocenters. The van der Waals surface area contributed by atoms with Crippen molar-refractivity contribution in [3.63, 3.8) is 0 Å². The summed E-state index contributed by atoms with van der Waals surface area (Å²) >= 11 is 3.41. The van der Waals surface area contributed by atoms with E-state index in [1.54, 1.807) is 15.6 Å². The molecule has 1 unspecified atom stereocenters. The summed E-state index contributed by atoms with van der Waals surface area (Å²) in [5.74, 6) is 0.555. The predicted molar refractivity (Wildman–Crippen MR) is 89.3 cm³/mol. The number of carbonyl (C=O) groups excluding carboxylic acids is 1. The molecule has 22 heavy (non-hydrogen) atoms. The van der Waals surface area contributed by atoms with E-state index in [1.807, 2.05) is 30.5 Å². The summed E-state index contributed by atoms with van der Waals surface area (Å²) in [5, 5.41) is 10.6. The Hall–Kier alpha value is -1.86. The lowest BCUT2D eigenvalue weighted by molar-refractivity contribution is 0.192. The van der Waals surface area contributed by atoms with E-state index < -0.39 is 0 Å². The van der Waals surface area contributed by atoms with Crippen LogP contribution in [-0.2, 0) is 0 Å². The van der Waals surface area contributed by atoms with Crippen LogP contribution in [-0.4, -0.2) is 46.4 Å². The molecule has 0 spiro atoms. The molecule has 0 bridgehead atoms. The largest absolute Gasteiger partial charge is 0.323 e. The molecule has 0 radical (unpaired) electrons. The molecule has 1 aliphatic heterocycles. The van der Waals surface area contributed by atoms with Crippen LogP contribution in [0.15, 0.2) is 41.0 Å². The van der Waals surface area contributed by atoms with E-state index in [0.29, 0.717) is 24.9 Å². The minimum atomic E-state index is -0.102. The van der Waals surface area contributed by atoms with Gasteiger partial charge in [0.2, 0.25) is 0 Å². The van der Waals surface area contributed by atoms with Crippen LogP contribution < -0.4 is 10.6 Å². The van der Waals surface area contributed by atoms with Crippen LogP contribution in [0.2, 0.25) is 0 Å². The number of nitrogens with zero attached hydrogens (tertiary/aromatic N) is 3. The maximum Gasteiger partial charge on any atom is 0.323 e. The van der Waals surface area contributed by atoms with E-state index in [9.17, 15) is 4.79 Å². The number of aromatic nitrogens is 2. The Morgan fingerprint density at radius 3 is 2.86 bits per heavy atom. The Kier molecular flexibility index (Phi) is 4.44. The first kappa shape index (κ1) is 15.1. The number of carbonyl (C=O) groups is 1. The van der Waals surface area contributed by atoms with Gasteiger partial charge in [-0.3, -0.25) is 5.32 Å². The second-order valence-electron chi connectivity index (χ2n) is 5.35. The molecule has 116 valence electrons. The first-order chi connectivity index (χ1) is 10.6. The highest BCUT2D eigenvalue weighted by Gasteiger charge is 2.20. The normalized spacial score (nSPS) is 18.3. The topological polar surface area (TPSA) is 62.2 Å². The molecule has 1 fully saturated rings. The smallest absolute Gasteiger partial charge is 0.322 e. The molecule has 2 aromatic rings. The van der Waals surface area contributed by atoms with E-state index in [0.717, 1.165) is 16.7 Å². The standard InChI is InChI=1S/C15H18BrN5O/c1-11-10-20(9-7-17-11)15(22)18-14-6-8-21(19-14)13-4-2-12(16)3-5-13/h2-6,8,11,17H,7,9-10H2,1H3,(H,18,19,22). The molecule has 0 saturated carbocycles. The number of nitrogens with one attached hydrogen (secondary N) is 2. The van der Waals surface area contributed by atoms with Crippen LogP contribution in [0.1, 0.15) is 6.92 Å². The minimum absolute atomic E-state index is 0.102. The van der Waals surface area contributed by atoms with Gasteiger partial charge < -0.3 is 10.2 Å². The van der Waals surface area contributed by atoms with E-state index in [-0.39, 0.29) is 6.03 Å².